The van der Waals surface area contributed by atoms with Gasteiger partial charge in [0.2, 0.25) is 5.91 Å². The summed E-state index contributed by atoms with van der Waals surface area (Å²) in [7, 11) is 0. The molecule has 3 rings (SSSR count). The topological polar surface area (TPSA) is 64.3 Å². The zero-order valence-electron chi connectivity index (χ0n) is 15.2. The molecule has 2 aromatic rings. The van der Waals surface area contributed by atoms with E-state index in [0.29, 0.717) is 19.1 Å². The molecule has 1 aliphatic rings. The van der Waals surface area contributed by atoms with Crippen LogP contribution in [-0.2, 0) is 17.8 Å². The summed E-state index contributed by atoms with van der Waals surface area (Å²) < 4.78 is 5.79. The molecule has 4 nitrogen and oxygen atoms in total. The summed E-state index contributed by atoms with van der Waals surface area (Å²) in [5.41, 5.74) is 8.28. The summed E-state index contributed by atoms with van der Waals surface area (Å²) in [6.45, 7) is 0.545. The van der Waals surface area contributed by atoms with Gasteiger partial charge in [0, 0.05) is 6.04 Å². The van der Waals surface area contributed by atoms with E-state index in [1.807, 2.05) is 54.6 Å². The lowest BCUT2D eigenvalue weighted by Crippen LogP contribution is -2.46. The minimum Gasteiger partial charge on any atom is -0.489 e. The molecule has 26 heavy (non-hydrogen) atoms. The Labute approximate surface area is 155 Å². The Morgan fingerprint density at radius 2 is 1.69 bits per heavy atom. The molecule has 4 heteroatoms. The van der Waals surface area contributed by atoms with Crippen LogP contribution in [0.5, 0.6) is 5.75 Å². The van der Waals surface area contributed by atoms with E-state index in [-0.39, 0.29) is 5.91 Å². The average Bonchev–Trinajstić information content (AvgIpc) is 2.69. The summed E-state index contributed by atoms with van der Waals surface area (Å²) in [5.74, 6) is 0.777. The van der Waals surface area contributed by atoms with Crippen LogP contribution in [0, 0.1) is 0 Å². The lowest BCUT2D eigenvalue weighted by Gasteiger charge is -2.24. The van der Waals surface area contributed by atoms with E-state index >= 15 is 0 Å². The molecule has 1 fully saturated rings. The normalized spacial score (nSPS) is 16.0. The van der Waals surface area contributed by atoms with Crippen LogP contribution in [0.3, 0.4) is 0 Å². The van der Waals surface area contributed by atoms with Gasteiger partial charge >= 0.3 is 0 Å². The van der Waals surface area contributed by atoms with Crippen LogP contribution >= 0.6 is 0 Å². The fraction of sp³-hybridized carbons (Fsp3) is 0.409. The van der Waals surface area contributed by atoms with Gasteiger partial charge in [0.25, 0.3) is 0 Å². The van der Waals surface area contributed by atoms with E-state index in [0.717, 1.165) is 29.7 Å². The van der Waals surface area contributed by atoms with Gasteiger partial charge in [-0.3, -0.25) is 4.79 Å². The Bertz CT molecular complexity index is 679. The van der Waals surface area contributed by atoms with E-state index in [1.54, 1.807) is 0 Å². The predicted octanol–water partition coefficient (Wildman–Crippen LogP) is 3.58. The minimum absolute atomic E-state index is 0.0405. The highest BCUT2D eigenvalue weighted by Crippen LogP contribution is 2.18. The molecule has 0 bridgehead atoms. The zero-order chi connectivity index (χ0) is 18.2. The fourth-order valence-electron chi connectivity index (χ4n) is 3.36. The van der Waals surface area contributed by atoms with E-state index in [1.165, 1.54) is 19.3 Å². The second-order valence-electron chi connectivity index (χ2n) is 7.07. The lowest BCUT2D eigenvalue weighted by molar-refractivity contribution is -0.123. The van der Waals surface area contributed by atoms with Crippen molar-refractivity contribution in [2.75, 3.05) is 0 Å². The number of amides is 1. The molecular formula is C22H28N2O2. The van der Waals surface area contributed by atoms with Gasteiger partial charge in [0.1, 0.15) is 12.4 Å². The summed E-state index contributed by atoms with van der Waals surface area (Å²) in [4.78, 5) is 12.3. The summed E-state index contributed by atoms with van der Waals surface area (Å²) in [6.07, 6.45) is 6.36. The number of benzene rings is 2. The van der Waals surface area contributed by atoms with Crippen LogP contribution in [0.2, 0.25) is 0 Å². The third-order valence-electron chi connectivity index (χ3n) is 4.92. The lowest BCUT2D eigenvalue weighted by atomic mass is 9.95. The predicted molar refractivity (Wildman–Crippen MR) is 104 cm³/mol. The molecule has 0 radical (unpaired) electrons. The van der Waals surface area contributed by atoms with Crippen molar-refractivity contribution in [1.29, 1.82) is 0 Å². The first kappa shape index (κ1) is 18.5. The summed E-state index contributed by atoms with van der Waals surface area (Å²) in [5, 5.41) is 3.10. The van der Waals surface area contributed by atoms with Gasteiger partial charge in [0.05, 0.1) is 6.04 Å². The SMILES string of the molecule is N[C@@H](Cc1ccc(OCc2ccccc2)cc1)C(=O)NC1CCCCC1. The van der Waals surface area contributed by atoms with Crippen molar-refractivity contribution in [2.24, 2.45) is 5.73 Å². The number of ether oxygens (including phenoxy) is 1. The third kappa shape index (κ3) is 5.60. The van der Waals surface area contributed by atoms with Crippen molar-refractivity contribution in [2.45, 2.75) is 57.2 Å². The molecule has 1 amide bonds. The third-order valence-corrected chi connectivity index (χ3v) is 4.92. The Balaban J connectivity index is 1.46. The minimum atomic E-state index is -0.506. The van der Waals surface area contributed by atoms with E-state index in [4.69, 9.17) is 10.5 Å². The van der Waals surface area contributed by atoms with Crippen molar-refractivity contribution >= 4 is 5.91 Å². The standard InChI is InChI=1S/C22H28N2O2/c23-21(22(25)24-19-9-5-2-6-10-19)15-17-11-13-20(14-12-17)26-16-18-7-3-1-4-8-18/h1,3-4,7-8,11-14,19,21H,2,5-6,9-10,15-16,23H2,(H,24,25)/t21-/m0/s1. The molecular weight excluding hydrogens is 324 g/mol. The molecule has 0 aromatic heterocycles. The van der Waals surface area contributed by atoms with Gasteiger partial charge in [-0.05, 0) is 42.5 Å². The Hall–Kier alpha value is -2.33. The smallest absolute Gasteiger partial charge is 0.237 e. The molecule has 0 spiro atoms. The quantitative estimate of drug-likeness (QED) is 0.800. The van der Waals surface area contributed by atoms with Crippen molar-refractivity contribution in [3.8, 4) is 5.75 Å². The van der Waals surface area contributed by atoms with E-state index in [9.17, 15) is 4.79 Å². The summed E-state index contributed by atoms with van der Waals surface area (Å²) in [6, 6.07) is 17.7. The first-order valence-corrected chi connectivity index (χ1v) is 9.52. The number of hydrogen-bond acceptors (Lipinski definition) is 3. The maximum absolute atomic E-state index is 12.3. The number of carbonyl (C=O) groups excluding carboxylic acids is 1. The van der Waals surface area contributed by atoms with Crippen molar-refractivity contribution in [3.05, 3.63) is 65.7 Å². The molecule has 0 unspecified atom stereocenters. The molecule has 1 aliphatic carbocycles. The molecule has 3 N–H and O–H groups in total. The first-order valence-electron chi connectivity index (χ1n) is 9.52. The first-order chi connectivity index (χ1) is 12.7. The average molecular weight is 352 g/mol. The number of rotatable bonds is 7. The van der Waals surface area contributed by atoms with Gasteiger partial charge < -0.3 is 15.8 Å². The van der Waals surface area contributed by atoms with Crippen LogP contribution in [0.25, 0.3) is 0 Å². The van der Waals surface area contributed by atoms with Crippen LogP contribution in [0.1, 0.15) is 43.2 Å². The van der Waals surface area contributed by atoms with Crippen LogP contribution in [0.15, 0.2) is 54.6 Å². The Kier molecular flexibility index (Phi) is 6.67. The van der Waals surface area contributed by atoms with Crippen molar-refractivity contribution in [1.82, 2.24) is 5.32 Å². The monoisotopic (exact) mass is 352 g/mol. The number of carbonyl (C=O) groups is 1. The molecule has 1 atom stereocenters. The number of nitrogens with one attached hydrogen (secondary N) is 1. The largest absolute Gasteiger partial charge is 0.489 e. The number of hydrogen-bond donors (Lipinski definition) is 2. The maximum Gasteiger partial charge on any atom is 0.237 e. The van der Waals surface area contributed by atoms with Crippen molar-refractivity contribution < 1.29 is 9.53 Å². The highest BCUT2D eigenvalue weighted by Gasteiger charge is 2.20. The highest BCUT2D eigenvalue weighted by molar-refractivity contribution is 5.82. The maximum atomic E-state index is 12.3. The Morgan fingerprint density at radius 1 is 1.00 bits per heavy atom. The Morgan fingerprint density at radius 3 is 2.38 bits per heavy atom. The second-order valence-corrected chi connectivity index (χ2v) is 7.07. The molecule has 2 aromatic carbocycles. The van der Waals surface area contributed by atoms with E-state index < -0.39 is 6.04 Å². The van der Waals surface area contributed by atoms with Gasteiger partial charge in [0.15, 0.2) is 0 Å². The highest BCUT2D eigenvalue weighted by atomic mass is 16.5. The fourth-order valence-corrected chi connectivity index (χ4v) is 3.36. The van der Waals surface area contributed by atoms with Crippen LogP contribution < -0.4 is 15.8 Å². The number of nitrogens with two attached hydrogens (primary N) is 1. The van der Waals surface area contributed by atoms with Gasteiger partial charge in [-0.1, -0.05) is 61.7 Å². The molecule has 138 valence electrons. The van der Waals surface area contributed by atoms with Gasteiger partial charge in [-0.15, -0.1) is 0 Å². The second kappa shape index (κ2) is 9.39. The van der Waals surface area contributed by atoms with Gasteiger partial charge in [-0.2, -0.15) is 0 Å². The van der Waals surface area contributed by atoms with Gasteiger partial charge in [-0.25, -0.2) is 0 Å². The van der Waals surface area contributed by atoms with E-state index in [2.05, 4.69) is 5.32 Å². The van der Waals surface area contributed by atoms with Crippen LogP contribution in [-0.4, -0.2) is 18.0 Å². The summed E-state index contributed by atoms with van der Waals surface area (Å²) >= 11 is 0. The van der Waals surface area contributed by atoms with Crippen molar-refractivity contribution in [3.63, 3.8) is 0 Å². The van der Waals surface area contributed by atoms with Crippen LogP contribution in [0.4, 0.5) is 0 Å². The molecule has 1 saturated carbocycles. The zero-order valence-corrected chi connectivity index (χ0v) is 15.2. The molecule has 0 heterocycles. The molecule has 0 saturated heterocycles. The molecule has 0 aliphatic heterocycles.